The summed E-state index contributed by atoms with van der Waals surface area (Å²) in [5.41, 5.74) is 2.98. The summed E-state index contributed by atoms with van der Waals surface area (Å²) in [6.45, 7) is 8.21. The minimum atomic E-state index is 0.208. The number of rotatable bonds is 4. The van der Waals surface area contributed by atoms with Crippen molar-refractivity contribution < 1.29 is 0 Å². The van der Waals surface area contributed by atoms with Gasteiger partial charge in [0.05, 0.1) is 22.4 Å². The lowest BCUT2D eigenvalue weighted by Crippen LogP contribution is -2.24. The van der Waals surface area contributed by atoms with E-state index in [1.807, 2.05) is 16.9 Å². The first-order valence-corrected chi connectivity index (χ1v) is 10.1. The molecule has 0 aliphatic carbocycles. The van der Waals surface area contributed by atoms with Crippen LogP contribution in [0.25, 0.3) is 5.65 Å². The maximum atomic E-state index is 6.74. The molecule has 1 unspecified atom stereocenters. The Hall–Kier alpha value is -1.60. The maximum absolute atomic E-state index is 6.74. The lowest BCUT2D eigenvalue weighted by atomic mass is 10.1. The second-order valence-corrected chi connectivity index (χ2v) is 8.48. The third-order valence-corrected chi connectivity index (χ3v) is 5.80. The zero-order valence-electron chi connectivity index (χ0n) is 15.2. The third kappa shape index (κ3) is 3.01. The largest absolute Gasteiger partial charge is 0.349 e. The summed E-state index contributed by atoms with van der Waals surface area (Å²) in [6.07, 6.45) is 5.89. The van der Waals surface area contributed by atoms with Crippen molar-refractivity contribution in [3.63, 3.8) is 0 Å². The third-order valence-electron chi connectivity index (χ3n) is 4.84. The number of nitrogens with zero attached hydrogens (tertiary/aromatic N) is 6. The Kier molecular flexibility index (Phi) is 4.69. The van der Waals surface area contributed by atoms with Crippen molar-refractivity contribution >= 4 is 39.0 Å². The van der Waals surface area contributed by atoms with E-state index in [-0.39, 0.29) is 6.04 Å². The van der Waals surface area contributed by atoms with E-state index in [1.165, 1.54) is 0 Å². The number of halogens is 2. The monoisotopic (exact) mass is 436 g/mol. The lowest BCUT2D eigenvalue weighted by molar-refractivity contribution is 0.481. The van der Waals surface area contributed by atoms with Crippen LogP contribution in [0.1, 0.15) is 44.0 Å². The molecule has 0 radical (unpaired) electrons. The Morgan fingerprint density at radius 3 is 2.96 bits per heavy atom. The summed E-state index contributed by atoms with van der Waals surface area (Å²) in [5, 5.41) is 9.74. The molecule has 6 nitrogen and oxygen atoms in total. The normalized spacial score (nSPS) is 17.8. The molecule has 1 atom stereocenters. The molecular formula is C18H22BrClN6. The fourth-order valence-corrected chi connectivity index (χ4v) is 4.48. The molecule has 3 aromatic heterocycles. The van der Waals surface area contributed by atoms with Crippen LogP contribution in [0, 0.1) is 12.8 Å². The Bertz CT molecular complexity index is 947. The van der Waals surface area contributed by atoms with Crippen LogP contribution in [0.3, 0.4) is 0 Å². The number of aromatic nitrogens is 5. The van der Waals surface area contributed by atoms with Crippen LogP contribution < -0.4 is 4.90 Å². The first-order chi connectivity index (χ1) is 12.5. The smallest absolute Gasteiger partial charge is 0.171 e. The van der Waals surface area contributed by atoms with Crippen molar-refractivity contribution in [1.29, 1.82) is 0 Å². The summed E-state index contributed by atoms with van der Waals surface area (Å²) in [7, 11) is 0. The van der Waals surface area contributed by atoms with Gasteiger partial charge in [-0.1, -0.05) is 25.4 Å². The van der Waals surface area contributed by atoms with Gasteiger partial charge in [0.2, 0.25) is 0 Å². The highest BCUT2D eigenvalue weighted by Gasteiger charge is 2.32. The van der Waals surface area contributed by atoms with E-state index in [1.54, 1.807) is 10.7 Å². The van der Waals surface area contributed by atoms with Crippen LogP contribution in [-0.4, -0.2) is 30.9 Å². The summed E-state index contributed by atoms with van der Waals surface area (Å²) >= 11 is 10.3. The second-order valence-electron chi connectivity index (χ2n) is 7.26. The predicted molar refractivity (Wildman–Crippen MR) is 107 cm³/mol. The topological polar surface area (TPSA) is 51.2 Å². The van der Waals surface area contributed by atoms with Crippen molar-refractivity contribution in [2.24, 2.45) is 5.92 Å². The molecule has 1 aliphatic heterocycles. The molecule has 0 spiro atoms. The molecule has 4 heterocycles. The van der Waals surface area contributed by atoms with Crippen LogP contribution in [0.2, 0.25) is 5.15 Å². The molecule has 0 N–H and O–H groups in total. The zero-order chi connectivity index (χ0) is 18.4. The standard InChI is InChI=1S/C18H22BrClN6/c1-11(2)10-26-17(20)16(12(3)23-26)14-5-4-7-24(14)15-6-8-25-18(22-15)13(19)9-21-25/h6,8-9,11,14H,4-5,7,10H2,1-3H3. The van der Waals surface area contributed by atoms with Gasteiger partial charge in [-0.2, -0.15) is 10.2 Å². The van der Waals surface area contributed by atoms with Gasteiger partial charge in [0.25, 0.3) is 0 Å². The van der Waals surface area contributed by atoms with Crippen LogP contribution in [0.4, 0.5) is 5.82 Å². The van der Waals surface area contributed by atoms with Crippen molar-refractivity contribution in [3.05, 3.63) is 39.3 Å². The SMILES string of the molecule is Cc1nn(CC(C)C)c(Cl)c1C1CCCN1c1ccn2ncc(Br)c2n1. The average molecular weight is 438 g/mol. The van der Waals surface area contributed by atoms with Gasteiger partial charge < -0.3 is 4.90 Å². The molecule has 8 heteroatoms. The molecule has 0 aromatic carbocycles. The summed E-state index contributed by atoms with van der Waals surface area (Å²) in [5.74, 6) is 1.45. The van der Waals surface area contributed by atoms with Crippen LogP contribution in [0.5, 0.6) is 0 Å². The molecule has 1 fully saturated rings. The molecule has 138 valence electrons. The zero-order valence-corrected chi connectivity index (χ0v) is 17.5. The van der Waals surface area contributed by atoms with Crippen molar-refractivity contribution in [1.82, 2.24) is 24.4 Å². The van der Waals surface area contributed by atoms with Crippen molar-refractivity contribution in [2.45, 2.75) is 46.2 Å². The Morgan fingerprint density at radius 1 is 1.38 bits per heavy atom. The van der Waals surface area contributed by atoms with Crippen molar-refractivity contribution in [3.8, 4) is 0 Å². The number of anilines is 1. The highest BCUT2D eigenvalue weighted by atomic mass is 79.9. The summed E-state index contributed by atoms with van der Waals surface area (Å²) in [6, 6.07) is 2.23. The van der Waals surface area contributed by atoms with Crippen LogP contribution in [0.15, 0.2) is 22.9 Å². The fraction of sp³-hybridized carbons (Fsp3) is 0.500. The van der Waals surface area contributed by atoms with E-state index in [0.29, 0.717) is 5.92 Å². The van der Waals surface area contributed by atoms with Gasteiger partial charge in [-0.05, 0) is 47.7 Å². The van der Waals surface area contributed by atoms with E-state index >= 15 is 0 Å². The van der Waals surface area contributed by atoms with E-state index in [4.69, 9.17) is 21.7 Å². The number of hydrogen-bond acceptors (Lipinski definition) is 4. The van der Waals surface area contributed by atoms with Crippen molar-refractivity contribution in [2.75, 3.05) is 11.4 Å². The minimum absolute atomic E-state index is 0.208. The average Bonchev–Trinajstić information content (AvgIpc) is 3.27. The molecule has 3 aromatic rings. The number of fused-ring (bicyclic) bond motifs is 1. The van der Waals surface area contributed by atoms with Gasteiger partial charge in [0.15, 0.2) is 5.65 Å². The number of aryl methyl sites for hydroxylation is 1. The van der Waals surface area contributed by atoms with Gasteiger partial charge in [0, 0.05) is 24.8 Å². The number of hydrogen-bond donors (Lipinski definition) is 0. The maximum Gasteiger partial charge on any atom is 0.171 e. The van der Waals surface area contributed by atoms with E-state index < -0.39 is 0 Å². The quantitative estimate of drug-likeness (QED) is 0.596. The molecule has 26 heavy (non-hydrogen) atoms. The lowest BCUT2D eigenvalue weighted by Gasteiger charge is -2.26. The molecular weight excluding hydrogens is 416 g/mol. The van der Waals surface area contributed by atoms with Gasteiger partial charge >= 0.3 is 0 Å². The van der Waals surface area contributed by atoms with E-state index in [2.05, 4.69) is 46.7 Å². The predicted octanol–water partition coefficient (Wildman–Crippen LogP) is 4.65. The van der Waals surface area contributed by atoms with Crippen LogP contribution in [-0.2, 0) is 6.54 Å². The fourth-order valence-electron chi connectivity index (χ4n) is 3.75. The molecule has 0 amide bonds. The minimum Gasteiger partial charge on any atom is -0.349 e. The second kappa shape index (κ2) is 6.85. The van der Waals surface area contributed by atoms with Crippen LogP contribution >= 0.6 is 27.5 Å². The Balaban J connectivity index is 1.72. The van der Waals surface area contributed by atoms with E-state index in [9.17, 15) is 0 Å². The highest BCUT2D eigenvalue weighted by molar-refractivity contribution is 9.10. The Morgan fingerprint density at radius 2 is 2.19 bits per heavy atom. The first-order valence-electron chi connectivity index (χ1n) is 8.95. The van der Waals surface area contributed by atoms with Gasteiger partial charge in [0.1, 0.15) is 11.0 Å². The molecule has 0 saturated carbocycles. The molecule has 0 bridgehead atoms. The van der Waals surface area contributed by atoms with E-state index in [0.717, 1.165) is 58.3 Å². The highest BCUT2D eigenvalue weighted by Crippen LogP contribution is 2.40. The Labute approximate surface area is 166 Å². The summed E-state index contributed by atoms with van der Waals surface area (Å²) < 4.78 is 4.61. The van der Waals surface area contributed by atoms with Gasteiger partial charge in [-0.25, -0.2) is 9.50 Å². The summed E-state index contributed by atoms with van der Waals surface area (Å²) in [4.78, 5) is 7.16. The first kappa shape index (κ1) is 17.8. The van der Waals surface area contributed by atoms with Gasteiger partial charge in [-0.3, -0.25) is 4.68 Å². The molecule has 4 rings (SSSR count). The molecule has 1 aliphatic rings. The van der Waals surface area contributed by atoms with Gasteiger partial charge in [-0.15, -0.1) is 0 Å². The molecule has 1 saturated heterocycles.